The third-order valence-corrected chi connectivity index (χ3v) is 2.68. The Morgan fingerprint density at radius 1 is 1.32 bits per heavy atom. The van der Waals surface area contributed by atoms with Crippen molar-refractivity contribution in [3.05, 3.63) is 47.7 Å². The van der Waals surface area contributed by atoms with Gasteiger partial charge >= 0.3 is 7.12 Å². The molecule has 1 aromatic carbocycles. The first-order valence-corrected chi connectivity index (χ1v) is 5.86. The predicted octanol–water partition coefficient (Wildman–Crippen LogP) is 0.231. The molecule has 0 amide bonds. The van der Waals surface area contributed by atoms with E-state index < -0.39 is 7.12 Å². The molecule has 0 radical (unpaired) electrons. The second-order valence-electron chi connectivity index (χ2n) is 4.30. The quantitative estimate of drug-likeness (QED) is 0.683. The topological polar surface area (TPSA) is 88.6 Å². The van der Waals surface area contributed by atoms with Crippen molar-refractivity contribution in [3.63, 3.8) is 0 Å². The molecule has 0 aliphatic rings. The fourth-order valence-electron chi connectivity index (χ4n) is 1.69. The van der Waals surface area contributed by atoms with E-state index in [0.717, 1.165) is 11.1 Å². The van der Waals surface area contributed by atoms with Crippen LogP contribution in [0.15, 0.2) is 36.5 Å². The number of hydrogen-bond acceptors (Lipinski definition) is 5. The lowest BCUT2D eigenvalue weighted by atomic mass is 9.81. The molecule has 1 heterocycles. The fourth-order valence-corrected chi connectivity index (χ4v) is 1.69. The number of nitrogens with zero attached hydrogens (tertiary/aromatic N) is 1. The molecule has 0 bridgehead atoms. The average Bonchev–Trinajstić information content (AvgIpc) is 2.37. The van der Waals surface area contributed by atoms with Gasteiger partial charge in [0.15, 0.2) is 11.6 Å². The molecular formula is C13H15BN2O3. The van der Waals surface area contributed by atoms with Gasteiger partial charge in [-0.05, 0) is 18.6 Å². The Bertz CT molecular complexity index is 576. The lowest BCUT2D eigenvalue weighted by Crippen LogP contribution is -2.30. The van der Waals surface area contributed by atoms with Gasteiger partial charge in [0, 0.05) is 11.7 Å². The molecule has 0 spiro atoms. The zero-order chi connectivity index (χ0) is 13.8. The molecule has 0 saturated carbocycles. The minimum atomic E-state index is -1.59. The summed E-state index contributed by atoms with van der Waals surface area (Å²) in [6.07, 6.45) is 1.31. The molecule has 19 heavy (non-hydrogen) atoms. The van der Waals surface area contributed by atoms with E-state index >= 15 is 0 Å². The third kappa shape index (κ3) is 3.46. The van der Waals surface area contributed by atoms with Gasteiger partial charge in [-0.1, -0.05) is 29.8 Å². The molecule has 0 aliphatic heterocycles. The maximum Gasteiger partial charge on any atom is 0.490 e. The standard InChI is InChI=1S/C13H15BN2O3/c1-9-3-2-4-10(5-9)8-19-12-6-11(14(17)18)7-16-13(12)15/h2-7,17-18H,8H2,1H3,(H2,15,16). The van der Waals surface area contributed by atoms with E-state index in [9.17, 15) is 0 Å². The maximum absolute atomic E-state index is 9.08. The van der Waals surface area contributed by atoms with E-state index in [2.05, 4.69) is 4.98 Å². The van der Waals surface area contributed by atoms with Crippen molar-refractivity contribution in [1.29, 1.82) is 0 Å². The van der Waals surface area contributed by atoms with Crippen LogP contribution in [0.25, 0.3) is 0 Å². The number of aryl methyl sites for hydroxylation is 1. The Labute approximate surface area is 111 Å². The van der Waals surface area contributed by atoms with E-state index in [1.807, 2.05) is 31.2 Å². The lowest BCUT2D eigenvalue weighted by Gasteiger charge is -2.10. The molecule has 0 atom stereocenters. The minimum Gasteiger partial charge on any atom is -0.485 e. The Kier molecular flexibility index (Phi) is 4.04. The number of rotatable bonds is 4. The highest BCUT2D eigenvalue weighted by molar-refractivity contribution is 6.58. The highest BCUT2D eigenvalue weighted by atomic mass is 16.5. The molecule has 6 heteroatoms. The van der Waals surface area contributed by atoms with Crippen LogP contribution in [-0.4, -0.2) is 22.2 Å². The second-order valence-corrected chi connectivity index (χ2v) is 4.30. The molecule has 5 nitrogen and oxygen atoms in total. The van der Waals surface area contributed by atoms with E-state index in [4.69, 9.17) is 20.5 Å². The molecule has 0 aliphatic carbocycles. The molecule has 2 aromatic rings. The SMILES string of the molecule is Cc1cccc(COc2cc(B(O)O)cnc2N)c1. The van der Waals surface area contributed by atoms with Crippen LogP contribution in [0.1, 0.15) is 11.1 Å². The molecule has 0 unspecified atom stereocenters. The van der Waals surface area contributed by atoms with Crippen LogP contribution < -0.4 is 15.9 Å². The monoisotopic (exact) mass is 258 g/mol. The van der Waals surface area contributed by atoms with Crippen LogP contribution in [0.4, 0.5) is 5.82 Å². The van der Waals surface area contributed by atoms with Gasteiger partial charge in [-0.2, -0.15) is 0 Å². The molecule has 2 rings (SSSR count). The van der Waals surface area contributed by atoms with Crippen molar-refractivity contribution >= 4 is 18.4 Å². The minimum absolute atomic E-state index is 0.219. The highest BCUT2D eigenvalue weighted by Gasteiger charge is 2.14. The van der Waals surface area contributed by atoms with Crippen molar-refractivity contribution in [2.45, 2.75) is 13.5 Å². The number of nitrogen functional groups attached to an aromatic ring is 1. The number of anilines is 1. The van der Waals surface area contributed by atoms with Crippen molar-refractivity contribution < 1.29 is 14.8 Å². The highest BCUT2D eigenvalue weighted by Crippen LogP contribution is 2.18. The number of nitrogens with two attached hydrogens (primary N) is 1. The lowest BCUT2D eigenvalue weighted by molar-refractivity contribution is 0.307. The van der Waals surface area contributed by atoms with Crippen LogP contribution in [-0.2, 0) is 6.61 Å². The first-order chi connectivity index (χ1) is 9.06. The van der Waals surface area contributed by atoms with Crippen molar-refractivity contribution in [2.24, 2.45) is 0 Å². The first kappa shape index (κ1) is 13.4. The van der Waals surface area contributed by atoms with Gasteiger partial charge in [-0.3, -0.25) is 0 Å². The van der Waals surface area contributed by atoms with Crippen LogP contribution in [0, 0.1) is 6.92 Å². The summed E-state index contributed by atoms with van der Waals surface area (Å²) in [7, 11) is -1.59. The summed E-state index contributed by atoms with van der Waals surface area (Å²) in [5, 5.41) is 18.2. The number of benzene rings is 1. The summed E-state index contributed by atoms with van der Waals surface area (Å²) >= 11 is 0. The average molecular weight is 258 g/mol. The Hall–Kier alpha value is -2.05. The van der Waals surface area contributed by atoms with Crippen molar-refractivity contribution in [1.82, 2.24) is 4.98 Å². The smallest absolute Gasteiger partial charge is 0.485 e. The summed E-state index contributed by atoms with van der Waals surface area (Å²) in [6.45, 7) is 2.35. The summed E-state index contributed by atoms with van der Waals surface area (Å²) in [5.74, 6) is 0.559. The van der Waals surface area contributed by atoms with Gasteiger partial charge in [0.2, 0.25) is 0 Å². The molecule has 0 fully saturated rings. The summed E-state index contributed by atoms with van der Waals surface area (Å²) in [6, 6.07) is 9.38. The fraction of sp³-hybridized carbons (Fsp3) is 0.154. The predicted molar refractivity (Wildman–Crippen MR) is 74.0 cm³/mol. The third-order valence-electron chi connectivity index (χ3n) is 2.68. The number of pyridine rings is 1. The van der Waals surface area contributed by atoms with Gasteiger partial charge in [0.05, 0.1) is 0 Å². The molecule has 1 aromatic heterocycles. The number of hydrogen-bond donors (Lipinski definition) is 3. The Morgan fingerprint density at radius 2 is 2.11 bits per heavy atom. The van der Waals surface area contributed by atoms with E-state index in [-0.39, 0.29) is 11.3 Å². The van der Waals surface area contributed by atoms with Crippen molar-refractivity contribution in [2.75, 3.05) is 5.73 Å². The number of ether oxygens (including phenoxy) is 1. The van der Waals surface area contributed by atoms with E-state index in [0.29, 0.717) is 12.4 Å². The summed E-state index contributed by atoms with van der Waals surface area (Å²) in [4.78, 5) is 3.86. The number of aromatic nitrogens is 1. The van der Waals surface area contributed by atoms with Gasteiger partial charge in [0.1, 0.15) is 6.61 Å². The van der Waals surface area contributed by atoms with Crippen LogP contribution in [0.3, 0.4) is 0 Å². The Morgan fingerprint density at radius 3 is 2.79 bits per heavy atom. The zero-order valence-corrected chi connectivity index (χ0v) is 10.6. The van der Waals surface area contributed by atoms with Crippen molar-refractivity contribution in [3.8, 4) is 5.75 Å². The molecule has 98 valence electrons. The van der Waals surface area contributed by atoms with Crippen LogP contribution in [0.2, 0.25) is 0 Å². The molecular weight excluding hydrogens is 243 g/mol. The van der Waals surface area contributed by atoms with E-state index in [1.54, 1.807) is 0 Å². The van der Waals surface area contributed by atoms with Crippen LogP contribution >= 0.6 is 0 Å². The molecule has 0 saturated heterocycles. The summed E-state index contributed by atoms with van der Waals surface area (Å²) < 4.78 is 5.56. The van der Waals surface area contributed by atoms with E-state index in [1.165, 1.54) is 12.3 Å². The largest absolute Gasteiger partial charge is 0.490 e. The van der Waals surface area contributed by atoms with Gasteiger partial charge < -0.3 is 20.5 Å². The van der Waals surface area contributed by atoms with Gasteiger partial charge in [-0.25, -0.2) is 4.98 Å². The normalized spacial score (nSPS) is 10.3. The first-order valence-electron chi connectivity index (χ1n) is 5.86. The van der Waals surface area contributed by atoms with Gasteiger partial charge in [-0.15, -0.1) is 0 Å². The zero-order valence-electron chi connectivity index (χ0n) is 10.6. The second kappa shape index (κ2) is 5.73. The molecule has 4 N–H and O–H groups in total. The maximum atomic E-state index is 9.08. The van der Waals surface area contributed by atoms with Crippen LogP contribution in [0.5, 0.6) is 5.75 Å². The van der Waals surface area contributed by atoms with Gasteiger partial charge in [0.25, 0.3) is 0 Å². The summed E-state index contributed by atoms with van der Waals surface area (Å²) in [5.41, 5.74) is 8.08. The Balaban J connectivity index is 2.12.